The summed E-state index contributed by atoms with van der Waals surface area (Å²) in [7, 11) is 6.90. The van der Waals surface area contributed by atoms with Crippen molar-refractivity contribution in [1.29, 1.82) is 5.26 Å². The van der Waals surface area contributed by atoms with Gasteiger partial charge in [-0.05, 0) is 74.2 Å². The van der Waals surface area contributed by atoms with E-state index in [1.165, 1.54) is 0 Å². The first kappa shape index (κ1) is 28.3. The second-order valence-corrected chi connectivity index (χ2v) is 8.99. The molecule has 0 bridgehead atoms. The second kappa shape index (κ2) is 13.8. The summed E-state index contributed by atoms with van der Waals surface area (Å²) in [5, 5.41) is 10.3. The van der Waals surface area contributed by atoms with Crippen LogP contribution in [0.25, 0.3) is 0 Å². The molecule has 1 atom stereocenters. The van der Waals surface area contributed by atoms with E-state index < -0.39 is 12.1 Å². The van der Waals surface area contributed by atoms with E-state index >= 15 is 0 Å². The third kappa shape index (κ3) is 7.25. The maximum absolute atomic E-state index is 12.4. The van der Waals surface area contributed by atoms with Gasteiger partial charge in [-0.25, -0.2) is 4.39 Å². The molecule has 0 amide bonds. The number of alkyl halides is 1. The lowest BCUT2D eigenvalue weighted by molar-refractivity contribution is 0.260. The Labute approximate surface area is 209 Å². The number of hydrogen-bond acceptors (Lipinski definition) is 6. The number of nitrogens with zero attached hydrogens (tertiary/aromatic N) is 2. The van der Waals surface area contributed by atoms with E-state index in [1.54, 1.807) is 21.3 Å². The minimum Gasteiger partial charge on any atom is -0.493 e. The van der Waals surface area contributed by atoms with Gasteiger partial charge >= 0.3 is 0 Å². The van der Waals surface area contributed by atoms with E-state index in [1.807, 2.05) is 36.4 Å². The Morgan fingerprint density at radius 1 is 0.943 bits per heavy atom. The first-order chi connectivity index (χ1) is 16.8. The van der Waals surface area contributed by atoms with Crippen LogP contribution in [0.5, 0.6) is 23.0 Å². The maximum Gasteiger partial charge on any atom is 0.161 e. The van der Waals surface area contributed by atoms with Crippen molar-refractivity contribution in [2.24, 2.45) is 5.92 Å². The molecule has 0 aliphatic heterocycles. The van der Waals surface area contributed by atoms with Crippen molar-refractivity contribution in [3.63, 3.8) is 0 Å². The molecule has 0 aliphatic rings. The lowest BCUT2D eigenvalue weighted by Gasteiger charge is -2.32. The summed E-state index contributed by atoms with van der Waals surface area (Å²) < 4.78 is 34.0. The van der Waals surface area contributed by atoms with Gasteiger partial charge in [0.05, 0.1) is 32.8 Å². The van der Waals surface area contributed by atoms with Crippen LogP contribution >= 0.6 is 0 Å². The molecule has 0 radical (unpaired) electrons. The topological polar surface area (TPSA) is 64.0 Å². The van der Waals surface area contributed by atoms with E-state index in [-0.39, 0.29) is 12.5 Å². The molecule has 2 aromatic carbocycles. The van der Waals surface area contributed by atoms with Crippen molar-refractivity contribution in [2.45, 2.75) is 38.5 Å². The number of benzene rings is 2. The number of ether oxygens (including phenoxy) is 4. The van der Waals surface area contributed by atoms with Gasteiger partial charge in [-0.2, -0.15) is 5.26 Å². The average Bonchev–Trinajstić information content (AvgIpc) is 2.88. The van der Waals surface area contributed by atoms with Gasteiger partial charge in [0, 0.05) is 6.54 Å². The fraction of sp³-hybridized carbons (Fsp3) is 0.536. The Balaban J connectivity index is 2.00. The molecule has 35 heavy (non-hydrogen) atoms. The van der Waals surface area contributed by atoms with Gasteiger partial charge in [0.1, 0.15) is 13.3 Å². The summed E-state index contributed by atoms with van der Waals surface area (Å²) in [5.74, 6) is 2.61. The van der Waals surface area contributed by atoms with Crippen molar-refractivity contribution in [1.82, 2.24) is 4.90 Å². The number of halogens is 1. The molecule has 0 aromatic heterocycles. The zero-order valence-corrected chi connectivity index (χ0v) is 21.9. The molecule has 0 saturated heterocycles. The SMILES string of the molecule is COc1ccc([C@@](C#N)(CCCN(C)CCc2ccc(OCCF)c(OC)c2)C(C)C)cc1OC. The van der Waals surface area contributed by atoms with E-state index in [0.29, 0.717) is 23.0 Å². The maximum atomic E-state index is 12.4. The lowest BCUT2D eigenvalue weighted by Crippen LogP contribution is -2.32. The molecule has 7 heteroatoms. The summed E-state index contributed by atoms with van der Waals surface area (Å²) >= 11 is 0. The molecule has 0 spiro atoms. The minimum absolute atomic E-state index is 0.0162. The van der Waals surface area contributed by atoms with Crippen molar-refractivity contribution >= 4 is 0 Å². The zero-order chi connectivity index (χ0) is 25.8. The fourth-order valence-electron chi connectivity index (χ4n) is 4.32. The highest BCUT2D eigenvalue weighted by Gasteiger charge is 2.36. The van der Waals surface area contributed by atoms with Crippen LogP contribution in [0.4, 0.5) is 4.39 Å². The Kier molecular flexibility index (Phi) is 11.1. The van der Waals surface area contributed by atoms with Crippen LogP contribution in [-0.2, 0) is 11.8 Å². The first-order valence-electron chi connectivity index (χ1n) is 12.0. The van der Waals surface area contributed by atoms with E-state index in [9.17, 15) is 9.65 Å². The predicted molar refractivity (Wildman–Crippen MR) is 137 cm³/mol. The van der Waals surface area contributed by atoms with Crippen molar-refractivity contribution in [3.8, 4) is 29.1 Å². The average molecular weight is 487 g/mol. The van der Waals surface area contributed by atoms with Crippen molar-refractivity contribution in [2.75, 3.05) is 54.7 Å². The first-order valence-corrected chi connectivity index (χ1v) is 12.0. The van der Waals surface area contributed by atoms with Crippen LogP contribution < -0.4 is 18.9 Å². The molecule has 0 N–H and O–H groups in total. The normalized spacial score (nSPS) is 12.8. The number of hydrogen-bond donors (Lipinski definition) is 0. The summed E-state index contributed by atoms with van der Waals surface area (Å²) in [4.78, 5) is 2.27. The molecule has 2 rings (SSSR count). The molecule has 0 fully saturated rings. The molecule has 2 aromatic rings. The molecule has 0 heterocycles. The standard InChI is InChI=1S/C28H39FN2O4/c1-21(2)28(20-30,23-9-11-24(32-4)27(19-23)34-6)13-7-15-31(3)16-12-22-8-10-25(35-17-14-29)26(18-22)33-5/h8-11,18-19,21H,7,12-17H2,1-6H3/t28-/m1/s1. The van der Waals surface area contributed by atoms with E-state index in [4.69, 9.17) is 18.9 Å². The third-order valence-corrected chi connectivity index (χ3v) is 6.54. The molecule has 0 unspecified atom stereocenters. The molecule has 6 nitrogen and oxygen atoms in total. The lowest BCUT2D eigenvalue weighted by atomic mass is 9.69. The summed E-state index contributed by atoms with van der Waals surface area (Å²) in [6.45, 7) is 5.41. The number of methoxy groups -OCH3 is 3. The molecule has 192 valence electrons. The largest absolute Gasteiger partial charge is 0.493 e. The Hall–Kier alpha value is -2.98. The van der Waals surface area contributed by atoms with Gasteiger partial charge in [-0.3, -0.25) is 0 Å². The van der Waals surface area contributed by atoms with Crippen LogP contribution in [-0.4, -0.2) is 59.6 Å². The van der Waals surface area contributed by atoms with Crippen LogP contribution in [0.15, 0.2) is 36.4 Å². The minimum atomic E-state index is -0.608. The van der Waals surface area contributed by atoms with Crippen LogP contribution in [0.1, 0.15) is 37.8 Å². The summed E-state index contributed by atoms with van der Waals surface area (Å²) in [6.07, 6.45) is 2.48. The van der Waals surface area contributed by atoms with E-state index in [2.05, 4.69) is 31.9 Å². The Morgan fingerprint density at radius 2 is 1.60 bits per heavy atom. The van der Waals surface area contributed by atoms with Gasteiger partial charge in [-0.1, -0.05) is 26.0 Å². The molecule has 0 saturated carbocycles. The van der Waals surface area contributed by atoms with Gasteiger partial charge in [0.2, 0.25) is 0 Å². The van der Waals surface area contributed by atoms with Gasteiger partial charge < -0.3 is 23.8 Å². The quantitative estimate of drug-likeness (QED) is 0.334. The van der Waals surface area contributed by atoms with Gasteiger partial charge in [0.15, 0.2) is 23.0 Å². The molecule has 0 aliphatic carbocycles. The second-order valence-electron chi connectivity index (χ2n) is 8.99. The molecular weight excluding hydrogens is 447 g/mol. The summed E-state index contributed by atoms with van der Waals surface area (Å²) in [5.41, 5.74) is 1.47. The van der Waals surface area contributed by atoms with Crippen LogP contribution in [0, 0.1) is 17.2 Å². The fourth-order valence-corrected chi connectivity index (χ4v) is 4.32. The van der Waals surface area contributed by atoms with Crippen molar-refractivity contribution < 1.29 is 23.3 Å². The van der Waals surface area contributed by atoms with Gasteiger partial charge in [-0.15, -0.1) is 0 Å². The smallest absolute Gasteiger partial charge is 0.161 e. The number of likely N-dealkylation sites (N-methyl/N-ethyl adjacent to an activating group) is 1. The third-order valence-electron chi connectivity index (χ3n) is 6.54. The number of nitriles is 1. The zero-order valence-electron chi connectivity index (χ0n) is 21.9. The van der Waals surface area contributed by atoms with Gasteiger partial charge in [0.25, 0.3) is 0 Å². The van der Waals surface area contributed by atoms with Crippen LogP contribution in [0.2, 0.25) is 0 Å². The van der Waals surface area contributed by atoms with Crippen LogP contribution in [0.3, 0.4) is 0 Å². The predicted octanol–water partition coefficient (Wildman–Crippen LogP) is 5.43. The highest BCUT2D eigenvalue weighted by Crippen LogP contribution is 2.40. The number of rotatable bonds is 15. The summed E-state index contributed by atoms with van der Waals surface area (Å²) in [6, 6.07) is 14.2. The van der Waals surface area contributed by atoms with Crippen molar-refractivity contribution in [3.05, 3.63) is 47.5 Å². The molecular formula is C28H39FN2O4. The highest BCUT2D eigenvalue weighted by atomic mass is 19.1. The Morgan fingerprint density at radius 3 is 2.20 bits per heavy atom. The van der Waals surface area contributed by atoms with E-state index in [0.717, 1.165) is 43.5 Å². The highest BCUT2D eigenvalue weighted by molar-refractivity contribution is 5.47. The Bertz CT molecular complexity index is 976. The monoisotopic (exact) mass is 486 g/mol.